The van der Waals surface area contributed by atoms with Crippen LogP contribution in [0.5, 0.6) is 0 Å². The van der Waals surface area contributed by atoms with Crippen molar-refractivity contribution in [3.05, 3.63) is 33.0 Å². The van der Waals surface area contributed by atoms with Gasteiger partial charge in [0.2, 0.25) is 5.95 Å². The van der Waals surface area contributed by atoms with Crippen LogP contribution in [-0.2, 0) is 18.3 Å². The minimum absolute atomic E-state index is 0.371. The summed E-state index contributed by atoms with van der Waals surface area (Å²) in [7, 11) is 1.60. The molecule has 2 aromatic heterocycles. The summed E-state index contributed by atoms with van der Waals surface area (Å²) in [6, 6.07) is 0. The van der Waals surface area contributed by atoms with Gasteiger partial charge in [0, 0.05) is 33.2 Å². The number of H-pyrrole nitrogens is 1. The molecule has 0 amide bonds. The molecule has 2 aromatic rings. The van der Waals surface area contributed by atoms with Gasteiger partial charge < -0.3 is 14.6 Å². The smallest absolute Gasteiger partial charge is 0.329 e. The highest BCUT2D eigenvalue weighted by molar-refractivity contribution is 5.74. The van der Waals surface area contributed by atoms with E-state index < -0.39 is 11.2 Å². The molecule has 0 aromatic carbocycles. The molecule has 142 valence electrons. The molecule has 3 rings (SSSR count). The van der Waals surface area contributed by atoms with E-state index in [9.17, 15) is 9.59 Å². The predicted octanol–water partition coefficient (Wildman–Crippen LogP) is 0.134. The Morgan fingerprint density at radius 2 is 2.08 bits per heavy atom. The monoisotopic (exact) mass is 362 g/mol. The number of nitrogens with one attached hydrogen (secondary N) is 2. The number of imidazole rings is 1. The Balaban J connectivity index is 1.79. The maximum absolute atomic E-state index is 12.3. The fourth-order valence-electron chi connectivity index (χ4n) is 3.12. The van der Waals surface area contributed by atoms with E-state index in [0.29, 0.717) is 23.7 Å². The highest BCUT2D eigenvalue weighted by atomic mass is 16.5. The largest absolute Gasteiger partial charge is 0.379 e. The van der Waals surface area contributed by atoms with Crippen LogP contribution in [0.4, 0.5) is 5.95 Å². The van der Waals surface area contributed by atoms with Crippen molar-refractivity contribution in [3.8, 4) is 0 Å². The van der Waals surface area contributed by atoms with Crippen molar-refractivity contribution in [3.63, 3.8) is 0 Å². The molecule has 9 nitrogen and oxygen atoms in total. The molecular weight excluding hydrogens is 336 g/mol. The molecule has 0 bridgehead atoms. The first-order valence-corrected chi connectivity index (χ1v) is 8.85. The second-order valence-corrected chi connectivity index (χ2v) is 6.70. The number of morpholine rings is 1. The van der Waals surface area contributed by atoms with E-state index in [2.05, 4.69) is 26.8 Å². The second kappa shape index (κ2) is 7.88. The van der Waals surface area contributed by atoms with E-state index in [-0.39, 0.29) is 0 Å². The summed E-state index contributed by atoms with van der Waals surface area (Å²) in [5.74, 6) is 0.580. The zero-order valence-electron chi connectivity index (χ0n) is 15.4. The number of anilines is 1. The number of aromatic nitrogens is 4. The topological polar surface area (TPSA) is 97.2 Å². The molecule has 9 heteroatoms. The summed E-state index contributed by atoms with van der Waals surface area (Å²) < 4.78 is 8.49. The third-order valence-corrected chi connectivity index (χ3v) is 4.47. The molecule has 0 unspecified atom stereocenters. The molecule has 0 aliphatic carbocycles. The number of ether oxygens (including phenoxy) is 1. The Morgan fingerprint density at radius 1 is 1.35 bits per heavy atom. The van der Waals surface area contributed by atoms with Crippen molar-refractivity contribution in [1.29, 1.82) is 0 Å². The van der Waals surface area contributed by atoms with Crippen LogP contribution in [0.15, 0.2) is 21.7 Å². The van der Waals surface area contributed by atoms with Gasteiger partial charge in [-0.15, -0.1) is 0 Å². The molecule has 0 radical (unpaired) electrons. The van der Waals surface area contributed by atoms with Gasteiger partial charge in [-0.25, -0.2) is 4.79 Å². The van der Waals surface area contributed by atoms with Crippen LogP contribution in [0, 0.1) is 0 Å². The summed E-state index contributed by atoms with van der Waals surface area (Å²) in [6.45, 7) is 11.5. The highest BCUT2D eigenvalue weighted by Gasteiger charge is 2.17. The summed E-state index contributed by atoms with van der Waals surface area (Å²) in [6.07, 6.45) is 0.950. The van der Waals surface area contributed by atoms with Crippen LogP contribution in [0.3, 0.4) is 0 Å². The van der Waals surface area contributed by atoms with E-state index in [1.54, 1.807) is 11.6 Å². The van der Waals surface area contributed by atoms with Gasteiger partial charge in [-0.2, -0.15) is 4.98 Å². The molecule has 0 spiro atoms. The Hall–Kier alpha value is -2.39. The summed E-state index contributed by atoms with van der Waals surface area (Å²) in [5.41, 5.74) is 0.745. The van der Waals surface area contributed by atoms with Crippen molar-refractivity contribution >= 4 is 17.1 Å². The normalized spacial score (nSPS) is 15.5. The van der Waals surface area contributed by atoms with Crippen molar-refractivity contribution < 1.29 is 4.74 Å². The molecule has 0 atom stereocenters. The van der Waals surface area contributed by atoms with Gasteiger partial charge in [0.1, 0.15) is 0 Å². The minimum Gasteiger partial charge on any atom is -0.379 e. The Bertz CT molecular complexity index is 904. The van der Waals surface area contributed by atoms with Crippen LogP contribution in [0.1, 0.15) is 13.3 Å². The number of hydrogen-bond donors (Lipinski definition) is 2. The lowest BCUT2D eigenvalue weighted by atomic mass is 10.3. The number of fused-ring (bicyclic) bond motifs is 1. The second-order valence-electron chi connectivity index (χ2n) is 6.70. The molecule has 1 aliphatic rings. The SMILES string of the molecule is C=C(C)Cn1c(NCCCN2CCOCC2)nc2c1c(=O)[nH]c(=O)n2C. The van der Waals surface area contributed by atoms with Gasteiger partial charge in [0.05, 0.1) is 13.2 Å². The molecule has 26 heavy (non-hydrogen) atoms. The Labute approximate surface area is 151 Å². The predicted molar refractivity (Wildman–Crippen MR) is 101 cm³/mol. The Morgan fingerprint density at radius 3 is 2.77 bits per heavy atom. The molecule has 1 saturated heterocycles. The summed E-state index contributed by atoms with van der Waals surface area (Å²) in [5, 5.41) is 3.31. The van der Waals surface area contributed by atoms with Crippen molar-refractivity contribution in [2.45, 2.75) is 19.9 Å². The first-order chi connectivity index (χ1) is 12.5. The maximum Gasteiger partial charge on any atom is 0.329 e. The number of aryl methyl sites for hydroxylation is 1. The van der Waals surface area contributed by atoms with E-state index >= 15 is 0 Å². The number of rotatable bonds is 7. The van der Waals surface area contributed by atoms with Gasteiger partial charge in [-0.1, -0.05) is 12.2 Å². The van der Waals surface area contributed by atoms with Crippen LogP contribution in [0.25, 0.3) is 11.2 Å². The van der Waals surface area contributed by atoms with E-state index in [4.69, 9.17) is 4.74 Å². The molecule has 1 aliphatic heterocycles. The van der Waals surface area contributed by atoms with E-state index in [0.717, 1.165) is 51.4 Å². The lowest BCUT2D eigenvalue weighted by Crippen LogP contribution is -2.37. The molecule has 2 N–H and O–H groups in total. The lowest BCUT2D eigenvalue weighted by Gasteiger charge is -2.26. The summed E-state index contributed by atoms with van der Waals surface area (Å²) in [4.78, 5) is 33.3. The number of hydrogen-bond acceptors (Lipinski definition) is 6. The van der Waals surface area contributed by atoms with Gasteiger partial charge in [0.25, 0.3) is 5.56 Å². The summed E-state index contributed by atoms with van der Waals surface area (Å²) >= 11 is 0. The van der Waals surface area contributed by atoms with E-state index in [1.807, 2.05) is 6.92 Å². The number of nitrogens with zero attached hydrogens (tertiary/aromatic N) is 4. The highest BCUT2D eigenvalue weighted by Crippen LogP contribution is 2.16. The van der Waals surface area contributed by atoms with Gasteiger partial charge in [-0.3, -0.25) is 19.2 Å². The Kier molecular flexibility index (Phi) is 5.58. The third kappa shape index (κ3) is 3.88. The van der Waals surface area contributed by atoms with Crippen LogP contribution in [-0.4, -0.2) is 63.4 Å². The average Bonchev–Trinajstić information content (AvgIpc) is 2.96. The van der Waals surface area contributed by atoms with Crippen molar-refractivity contribution in [1.82, 2.24) is 24.0 Å². The molecular formula is C17H26N6O3. The molecule has 1 fully saturated rings. The van der Waals surface area contributed by atoms with Crippen molar-refractivity contribution in [2.24, 2.45) is 7.05 Å². The first kappa shape index (κ1) is 18.4. The quantitative estimate of drug-likeness (QED) is 0.537. The fourth-order valence-corrected chi connectivity index (χ4v) is 3.12. The fraction of sp³-hybridized carbons (Fsp3) is 0.588. The van der Waals surface area contributed by atoms with Crippen LogP contribution >= 0.6 is 0 Å². The van der Waals surface area contributed by atoms with Crippen molar-refractivity contribution in [2.75, 3.05) is 44.7 Å². The lowest BCUT2D eigenvalue weighted by molar-refractivity contribution is 0.0378. The van der Waals surface area contributed by atoms with Crippen LogP contribution < -0.4 is 16.6 Å². The first-order valence-electron chi connectivity index (χ1n) is 8.85. The minimum atomic E-state index is -0.471. The van der Waals surface area contributed by atoms with Gasteiger partial charge in [0.15, 0.2) is 11.2 Å². The zero-order valence-corrected chi connectivity index (χ0v) is 15.4. The van der Waals surface area contributed by atoms with Crippen LogP contribution in [0.2, 0.25) is 0 Å². The number of aromatic amines is 1. The van der Waals surface area contributed by atoms with Gasteiger partial charge >= 0.3 is 5.69 Å². The molecule has 0 saturated carbocycles. The average molecular weight is 362 g/mol. The maximum atomic E-state index is 12.3. The van der Waals surface area contributed by atoms with Gasteiger partial charge in [-0.05, 0) is 19.9 Å². The standard InChI is InChI=1S/C17H26N6O3/c1-12(2)11-23-13-14(21(3)17(25)20-15(13)24)19-16(23)18-5-4-6-22-7-9-26-10-8-22/h1,4-11H2,2-3H3,(H,18,19)(H,20,24,25). The zero-order chi connectivity index (χ0) is 18.7. The third-order valence-electron chi connectivity index (χ3n) is 4.47. The number of allylic oxidation sites excluding steroid dienone is 1. The molecule has 3 heterocycles. The van der Waals surface area contributed by atoms with E-state index in [1.165, 1.54) is 4.57 Å².